The number of hydrogen-bond donors (Lipinski definition) is 2. The van der Waals surface area contributed by atoms with Gasteiger partial charge >= 0.3 is 0 Å². The van der Waals surface area contributed by atoms with Crippen LogP contribution in [0.3, 0.4) is 0 Å². The van der Waals surface area contributed by atoms with E-state index in [1.54, 1.807) is 23.5 Å². The van der Waals surface area contributed by atoms with Crippen molar-refractivity contribution >= 4 is 28.7 Å². The van der Waals surface area contributed by atoms with Crippen molar-refractivity contribution in [1.29, 1.82) is 0 Å². The number of anilines is 1. The summed E-state index contributed by atoms with van der Waals surface area (Å²) in [7, 11) is 0. The molecule has 0 saturated heterocycles. The van der Waals surface area contributed by atoms with Gasteiger partial charge in [-0.1, -0.05) is 49.4 Å². The maximum Gasteiger partial charge on any atom is 0.221 e. The fraction of sp³-hybridized carbons (Fsp3) is 0.261. The third-order valence-corrected chi connectivity index (χ3v) is 5.67. The summed E-state index contributed by atoms with van der Waals surface area (Å²) in [5.41, 5.74) is 9.19. The maximum absolute atomic E-state index is 12.6. The highest BCUT2D eigenvalue weighted by molar-refractivity contribution is 7.09. The number of Topliss-reactive ketones (excluding diaryl/α,β-unsaturated/α-hetero) is 1. The molecule has 0 fully saturated rings. The fourth-order valence-electron chi connectivity index (χ4n) is 3.00. The molecule has 0 radical (unpaired) electrons. The van der Waals surface area contributed by atoms with E-state index in [4.69, 9.17) is 5.73 Å². The van der Waals surface area contributed by atoms with Gasteiger partial charge in [-0.25, -0.2) is 4.98 Å². The first-order valence-electron chi connectivity index (χ1n) is 9.71. The lowest BCUT2D eigenvalue weighted by Gasteiger charge is -2.17. The van der Waals surface area contributed by atoms with Crippen molar-refractivity contribution in [2.24, 2.45) is 0 Å². The number of aryl methyl sites for hydroxylation is 1. The molecule has 5 nitrogen and oxygen atoms in total. The fourth-order valence-corrected chi connectivity index (χ4v) is 3.95. The number of carbonyl (C=O) groups excluding carboxylic acids is 2. The largest absolute Gasteiger partial charge is 0.399 e. The van der Waals surface area contributed by atoms with Crippen molar-refractivity contribution in [1.82, 2.24) is 10.3 Å². The van der Waals surface area contributed by atoms with E-state index in [0.29, 0.717) is 17.7 Å². The molecule has 3 aromatic rings. The van der Waals surface area contributed by atoms with E-state index in [0.717, 1.165) is 22.7 Å². The molecule has 0 saturated carbocycles. The molecule has 1 amide bonds. The molecule has 29 heavy (non-hydrogen) atoms. The Morgan fingerprint density at radius 1 is 1.07 bits per heavy atom. The normalized spacial score (nSPS) is 11.8. The minimum atomic E-state index is -0.233. The molecule has 6 heteroatoms. The molecule has 150 valence electrons. The predicted octanol–water partition coefficient (Wildman–Crippen LogP) is 4.35. The molecule has 1 unspecified atom stereocenters. The number of carbonyl (C=O) groups is 2. The molecule has 0 aliphatic heterocycles. The number of thiazole rings is 1. The van der Waals surface area contributed by atoms with Gasteiger partial charge in [0.05, 0.1) is 11.7 Å². The molecule has 0 bridgehead atoms. The van der Waals surface area contributed by atoms with Gasteiger partial charge in [-0.05, 0) is 30.5 Å². The van der Waals surface area contributed by atoms with E-state index in [1.165, 1.54) is 0 Å². The lowest BCUT2D eigenvalue weighted by Crippen LogP contribution is -2.30. The van der Waals surface area contributed by atoms with Crippen LogP contribution in [0.25, 0.3) is 0 Å². The van der Waals surface area contributed by atoms with Crippen molar-refractivity contribution in [3.8, 4) is 0 Å². The summed E-state index contributed by atoms with van der Waals surface area (Å²) in [5, 5.41) is 5.97. The Labute approximate surface area is 175 Å². The van der Waals surface area contributed by atoms with Crippen LogP contribution in [0.2, 0.25) is 0 Å². The molecule has 0 aliphatic carbocycles. The SMILES string of the molecule is CCc1csc(C(Cc2ccc(N)cc2)NC(=O)CCC(=O)c2ccccc2)n1. The van der Waals surface area contributed by atoms with Gasteiger partial charge < -0.3 is 11.1 Å². The second-order valence-electron chi connectivity index (χ2n) is 6.89. The summed E-state index contributed by atoms with van der Waals surface area (Å²) in [6.45, 7) is 2.06. The van der Waals surface area contributed by atoms with E-state index >= 15 is 0 Å². The highest BCUT2D eigenvalue weighted by Crippen LogP contribution is 2.23. The van der Waals surface area contributed by atoms with Crippen LogP contribution in [0.4, 0.5) is 5.69 Å². The summed E-state index contributed by atoms with van der Waals surface area (Å²) in [4.78, 5) is 29.5. The van der Waals surface area contributed by atoms with Crippen LogP contribution in [0.15, 0.2) is 60.0 Å². The third-order valence-electron chi connectivity index (χ3n) is 4.66. The van der Waals surface area contributed by atoms with Gasteiger partial charge in [0.25, 0.3) is 0 Å². The van der Waals surface area contributed by atoms with Gasteiger partial charge in [0.2, 0.25) is 5.91 Å². The number of nitrogens with one attached hydrogen (secondary N) is 1. The zero-order valence-electron chi connectivity index (χ0n) is 16.4. The topological polar surface area (TPSA) is 85.1 Å². The van der Waals surface area contributed by atoms with Gasteiger partial charge in [-0.2, -0.15) is 0 Å². The summed E-state index contributed by atoms with van der Waals surface area (Å²) in [5.74, 6) is -0.179. The van der Waals surface area contributed by atoms with Gasteiger partial charge in [0, 0.05) is 29.5 Å². The summed E-state index contributed by atoms with van der Waals surface area (Å²) >= 11 is 1.55. The number of rotatable bonds is 9. The highest BCUT2D eigenvalue weighted by Gasteiger charge is 2.19. The van der Waals surface area contributed by atoms with Crippen LogP contribution < -0.4 is 11.1 Å². The number of aromatic nitrogens is 1. The summed E-state index contributed by atoms with van der Waals surface area (Å²) in [6, 6.07) is 16.4. The quantitative estimate of drug-likeness (QED) is 0.408. The van der Waals surface area contributed by atoms with Crippen LogP contribution in [0.1, 0.15) is 52.4 Å². The monoisotopic (exact) mass is 407 g/mol. The Kier molecular flexibility index (Phi) is 7.14. The molecule has 1 heterocycles. The van der Waals surface area contributed by atoms with Gasteiger partial charge in [-0.3, -0.25) is 9.59 Å². The van der Waals surface area contributed by atoms with Crippen molar-refractivity contribution in [3.63, 3.8) is 0 Å². The zero-order valence-corrected chi connectivity index (χ0v) is 17.2. The molecule has 0 spiro atoms. The highest BCUT2D eigenvalue weighted by atomic mass is 32.1. The molecule has 3 rings (SSSR count). The summed E-state index contributed by atoms with van der Waals surface area (Å²) in [6.07, 6.45) is 1.81. The van der Waals surface area contributed by atoms with Gasteiger partial charge in [0.15, 0.2) is 5.78 Å². The first-order chi connectivity index (χ1) is 14.0. The number of benzene rings is 2. The lowest BCUT2D eigenvalue weighted by atomic mass is 10.0. The molecular formula is C23H25N3O2S. The second kappa shape index (κ2) is 9.98. The van der Waals surface area contributed by atoms with Crippen LogP contribution in [-0.2, 0) is 17.6 Å². The molecule has 1 atom stereocenters. The van der Waals surface area contributed by atoms with Crippen LogP contribution in [0, 0.1) is 0 Å². The predicted molar refractivity (Wildman–Crippen MR) is 117 cm³/mol. The van der Waals surface area contributed by atoms with Gasteiger partial charge in [-0.15, -0.1) is 11.3 Å². The number of nitrogens with two attached hydrogens (primary N) is 1. The Morgan fingerprint density at radius 2 is 1.79 bits per heavy atom. The average molecular weight is 408 g/mol. The van der Waals surface area contributed by atoms with E-state index < -0.39 is 0 Å². The smallest absolute Gasteiger partial charge is 0.221 e. The Hall–Kier alpha value is -2.99. The Morgan fingerprint density at radius 3 is 2.45 bits per heavy atom. The minimum Gasteiger partial charge on any atom is -0.399 e. The minimum absolute atomic E-state index is 0.0293. The van der Waals surface area contributed by atoms with Crippen molar-refractivity contribution in [3.05, 3.63) is 81.8 Å². The Balaban J connectivity index is 1.66. The van der Waals surface area contributed by atoms with E-state index in [2.05, 4.69) is 17.2 Å². The maximum atomic E-state index is 12.6. The van der Waals surface area contributed by atoms with Crippen molar-refractivity contribution < 1.29 is 9.59 Å². The van der Waals surface area contributed by atoms with Crippen LogP contribution in [-0.4, -0.2) is 16.7 Å². The Bertz CT molecular complexity index is 952. The van der Waals surface area contributed by atoms with Gasteiger partial charge in [0.1, 0.15) is 5.01 Å². The molecule has 1 aromatic heterocycles. The first kappa shape index (κ1) is 20.7. The van der Waals surface area contributed by atoms with E-state index in [-0.39, 0.29) is 30.6 Å². The molecule has 0 aliphatic rings. The lowest BCUT2D eigenvalue weighted by molar-refractivity contribution is -0.121. The van der Waals surface area contributed by atoms with Crippen molar-refractivity contribution in [2.45, 2.75) is 38.6 Å². The third kappa shape index (κ3) is 5.99. The number of nitrogens with zero attached hydrogens (tertiary/aromatic N) is 1. The number of amides is 1. The van der Waals surface area contributed by atoms with Crippen LogP contribution in [0.5, 0.6) is 0 Å². The average Bonchev–Trinajstić information content (AvgIpc) is 3.23. The zero-order chi connectivity index (χ0) is 20.6. The van der Waals surface area contributed by atoms with E-state index in [9.17, 15) is 9.59 Å². The first-order valence-corrected chi connectivity index (χ1v) is 10.6. The van der Waals surface area contributed by atoms with Crippen molar-refractivity contribution in [2.75, 3.05) is 5.73 Å². The number of ketones is 1. The summed E-state index contributed by atoms with van der Waals surface area (Å²) < 4.78 is 0. The number of nitrogen functional groups attached to an aromatic ring is 1. The number of hydrogen-bond acceptors (Lipinski definition) is 5. The standard InChI is InChI=1S/C23H25N3O2S/c1-2-19-15-29-23(25-19)20(14-16-8-10-18(24)11-9-16)26-22(28)13-12-21(27)17-6-4-3-5-7-17/h3-11,15,20H,2,12-14,24H2,1H3,(H,26,28). The molecule has 2 aromatic carbocycles. The molecular weight excluding hydrogens is 382 g/mol. The van der Waals surface area contributed by atoms with Crippen LogP contribution >= 0.6 is 11.3 Å². The molecule has 3 N–H and O–H groups in total. The van der Waals surface area contributed by atoms with E-state index in [1.807, 2.05) is 47.8 Å². The second-order valence-corrected chi connectivity index (χ2v) is 7.78.